The number of nitrogens with two attached hydrogens (primary N) is 1. The number of rotatable bonds is 6. The quantitative estimate of drug-likeness (QED) is 0.691. The first-order chi connectivity index (χ1) is 10.6. The van der Waals surface area contributed by atoms with E-state index in [1.165, 1.54) is 0 Å². The molecule has 0 aliphatic heterocycles. The molecule has 0 fully saturated rings. The topological polar surface area (TPSA) is 101 Å². The molecule has 6 nitrogen and oxygen atoms in total. The minimum Gasteiger partial charge on any atom is -0.369 e. The predicted molar refractivity (Wildman–Crippen MR) is 85.5 cm³/mol. The fraction of sp³-hybridized carbons (Fsp3) is 0.312. The predicted octanol–water partition coefficient (Wildman–Crippen LogP) is 0.952. The number of aryl methyl sites for hydroxylation is 1. The Balaban J connectivity index is 1.78. The van der Waals surface area contributed by atoms with Gasteiger partial charge in [0, 0.05) is 17.8 Å². The maximum Gasteiger partial charge on any atom is 0.255 e. The number of hydrogen-bond acceptors (Lipinski definition) is 4. The lowest BCUT2D eigenvalue weighted by atomic mass is 10.1. The number of H-pyrrole nitrogens is 1. The highest BCUT2D eigenvalue weighted by molar-refractivity contribution is 5.78. The smallest absolute Gasteiger partial charge is 0.255 e. The standard InChI is InChI=1S/C16H20N4O2/c1-11-13(15(22)20-16(17)19-11)8-5-9-18-14(21)10-12-6-3-2-4-7-12/h2-4,6-7H,5,8-10H2,1H3,(H,18,21)(H3,17,19,20,22). The van der Waals surface area contributed by atoms with Gasteiger partial charge in [-0.3, -0.25) is 14.6 Å². The van der Waals surface area contributed by atoms with Gasteiger partial charge in [-0.15, -0.1) is 0 Å². The van der Waals surface area contributed by atoms with E-state index in [2.05, 4.69) is 15.3 Å². The van der Waals surface area contributed by atoms with E-state index in [4.69, 9.17) is 5.73 Å². The van der Waals surface area contributed by atoms with E-state index in [0.717, 1.165) is 5.56 Å². The highest BCUT2D eigenvalue weighted by Crippen LogP contribution is 2.03. The minimum atomic E-state index is -0.208. The number of benzene rings is 1. The Bertz CT molecular complexity index is 695. The number of amides is 1. The van der Waals surface area contributed by atoms with E-state index in [-0.39, 0.29) is 17.4 Å². The Kier molecular flexibility index (Phi) is 5.30. The van der Waals surface area contributed by atoms with Gasteiger partial charge in [0.25, 0.3) is 5.56 Å². The SMILES string of the molecule is Cc1nc(N)[nH]c(=O)c1CCCNC(=O)Cc1ccccc1. The molecule has 0 spiro atoms. The van der Waals surface area contributed by atoms with E-state index in [9.17, 15) is 9.59 Å². The van der Waals surface area contributed by atoms with Gasteiger partial charge in [0.05, 0.1) is 6.42 Å². The summed E-state index contributed by atoms with van der Waals surface area (Å²) in [5, 5.41) is 2.86. The molecule has 1 amide bonds. The molecule has 0 bridgehead atoms. The van der Waals surface area contributed by atoms with Crippen LogP contribution in [0.4, 0.5) is 5.95 Å². The third-order valence-corrected chi connectivity index (χ3v) is 3.37. The van der Waals surface area contributed by atoms with Gasteiger partial charge in [-0.05, 0) is 25.3 Å². The van der Waals surface area contributed by atoms with Crippen LogP contribution in [0.15, 0.2) is 35.1 Å². The number of carbonyl (C=O) groups is 1. The van der Waals surface area contributed by atoms with Crippen molar-refractivity contribution in [2.24, 2.45) is 0 Å². The molecule has 0 atom stereocenters. The molecular formula is C16H20N4O2. The van der Waals surface area contributed by atoms with Crippen LogP contribution in [-0.4, -0.2) is 22.4 Å². The molecule has 1 heterocycles. The van der Waals surface area contributed by atoms with Crippen molar-refractivity contribution in [2.75, 3.05) is 12.3 Å². The Morgan fingerprint density at radius 1 is 1.32 bits per heavy atom. The number of carbonyl (C=O) groups excluding carboxylic acids is 1. The summed E-state index contributed by atoms with van der Waals surface area (Å²) in [6.07, 6.45) is 1.60. The summed E-state index contributed by atoms with van der Waals surface area (Å²) in [7, 11) is 0. The van der Waals surface area contributed by atoms with E-state index in [1.807, 2.05) is 30.3 Å². The number of nitrogens with one attached hydrogen (secondary N) is 2. The van der Waals surface area contributed by atoms with Crippen molar-refractivity contribution < 1.29 is 4.79 Å². The van der Waals surface area contributed by atoms with Gasteiger partial charge in [-0.1, -0.05) is 30.3 Å². The van der Waals surface area contributed by atoms with Gasteiger partial charge >= 0.3 is 0 Å². The van der Waals surface area contributed by atoms with Gasteiger partial charge in [0.1, 0.15) is 0 Å². The molecule has 0 saturated carbocycles. The lowest BCUT2D eigenvalue weighted by Crippen LogP contribution is -2.27. The average Bonchev–Trinajstić information content (AvgIpc) is 2.46. The van der Waals surface area contributed by atoms with Crippen LogP contribution in [0.1, 0.15) is 23.2 Å². The Morgan fingerprint density at radius 2 is 2.05 bits per heavy atom. The second kappa shape index (κ2) is 7.40. The molecule has 0 aliphatic rings. The van der Waals surface area contributed by atoms with Crippen LogP contribution >= 0.6 is 0 Å². The Morgan fingerprint density at radius 3 is 2.73 bits per heavy atom. The highest BCUT2D eigenvalue weighted by atomic mass is 16.1. The van der Waals surface area contributed by atoms with Crippen molar-refractivity contribution in [3.8, 4) is 0 Å². The zero-order chi connectivity index (χ0) is 15.9. The number of nitrogens with zero attached hydrogens (tertiary/aromatic N) is 1. The van der Waals surface area contributed by atoms with Crippen LogP contribution in [0.3, 0.4) is 0 Å². The van der Waals surface area contributed by atoms with E-state index < -0.39 is 0 Å². The maximum atomic E-state index is 11.8. The normalized spacial score (nSPS) is 10.4. The van der Waals surface area contributed by atoms with Crippen LogP contribution < -0.4 is 16.6 Å². The number of aromatic amines is 1. The van der Waals surface area contributed by atoms with E-state index in [1.54, 1.807) is 6.92 Å². The molecule has 116 valence electrons. The Hall–Kier alpha value is -2.63. The number of nitrogen functional groups attached to an aromatic ring is 1. The van der Waals surface area contributed by atoms with Gasteiger partial charge in [0.2, 0.25) is 11.9 Å². The number of hydrogen-bond donors (Lipinski definition) is 3. The number of anilines is 1. The van der Waals surface area contributed by atoms with Crippen LogP contribution in [0.5, 0.6) is 0 Å². The minimum absolute atomic E-state index is 0.0211. The summed E-state index contributed by atoms with van der Waals surface area (Å²) >= 11 is 0. The first-order valence-corrected chi connectivity index (χ1v) is 7.22. The monoisotopic (exact) mass is 300 g/mol. The molecule has 22 heavy (non-hydrogen) atoms. The second-order valence-corrected chi connectivity index (χ2v) is 5.13. The third-order valence-electron chi connectivity index (χ3n) is 3.37. The van der Waals surface area contributed by atoms with Crippen molar-refractivity contribution in [1.29, 1.82) is 0 Å². The van der Waals surface area contributed by atoms with E-state index >= 15 is 0 Å². The van der Waals surface area contributed by atoms with Crippen LogP contribution in [0.25, 0.3) is 0 Å². The molecule has 2 aromatic rings. The molecule has 1 aromatic carbocycles. The highest BCUT2D eigenvalue weighted by Gasteiger charge is 2.07. The zero-order valence-electron chi connectivity index (χ0n) is 12.6. The first kappa shape index (κ1) is 15.8. The van der Waals surface area contributed by atoms with Gasteiger partial charge < -0.3 is 11.1 Å². The molecule has 0 radical (unpaired) electrons. The fourth-order valence-corrected chi connectivity index (χ4v) is 2.26. The molecule has 2 rings (SSSR count). The third kappa shape index (κ3) is 4.44. The largest absolute Gasteiger partial charge is 0.369 e. The van der Waals surface area contributed by atoms with Crippen LogP contribution in [0, 0.1) is 6.92 Å². The molecule has 0 saturated heterocycles. The zero-order valence-corrected chi connectivity index (χ0v) is 12.6. The summed E-state index contributed by atoms with van der Waals surface area (Å²) < 4.78 is 0. The lowest BCUT2D eigenvalue weighted by Gasteiger charge is -2.07. The molecule has 6 heteroatoms. The van der Waals surface area contributed by atoms with Gasteiger partial charge in [0.15, 0.2) is 0 Å². The lowest BCUT2D eigenvalue weighted by molar-refractivity contribution is -0.120. The van der Waals surface area contributed by atoms with Gasteiger partial charge in [-0.2, -0.15) is 0 Å². The molecule has 0 aliphatic carbocycles. The second-order valence-electron chi connectivity index (χ2n) is 5.13. The van der Waals surface area contributed by atoms with Crippen LogP contribution in [0.2, 0.25) is 0 Å². The summed E-state index contributed by atoms with van der Waals surface area (Å²) in [5.74, 6) is 0.106. The van der Waals surface area contributed by atoms with Crippen molar-refractivity contribution in [3.05, 3.63) is 57.5 Å². The Labute approximate surface area is 128 Å². The summed E-state index contributed by atoms with van der Waals surface area (Å²) in [4.78, 5) is 30.1. The molecular weight excluding hydrogens is 280 g/mol. The first-order valence-electron chi connectivity index (χ1n) is 7.22. The van der Waals surface area contributed by atoms with Crippen molar-refractivity contribution in [3.63, 3.8) is 0 Å². The molecule has 1 aromatic heterocycles. The summed E-state index contributed by atoms with van der Waals surface area (Å²) in [6.45, 7) is 2.28. The average molecular weight is 300 g/mol. The van der Waals surface area contributed by atoms with Crippen molar-refractivity contribution >= 4 is 11.9 Å². The molecule has 4 N–H and O–H groups in total. The maximum absolute atomic E-state index is 11.8. The molecule has 0 unspecified atom stereocenters. The van der Waals surface area contributed by atoms with E-state index in [0.29, 0.717) is 37.1 Å². The van der Waals surface area contributed by atoms with Crippen molar-refractivity contribution in [1.82, 2.24) is 15.3 Å². The summed E-state index contributed by atoms with van der Waals surface area (Å²) in [6, 6.07) is 9.57. The summed E-state index contributed by atoms with van der Waals surface area (Å²) in [5.41, 5.74) is 7.50. The number of aromatic nitrogens is 2. The fourth-order valence-electron chi connectivity index (χ4n) is 2.26. The van der Waals surface area contributed by atoms with Gasteiger partial charge in [-0.25, -0.2) is 4.98 Å². The van der Waals surface area contributed by atoms with Crippen molar-refractivity contribution in [2.45, 2.75) is 26.2 Å². The van der Waals surface area contributed by atoms with Crippen LogP contribution in [-0.2, 0) is 17.6 Å².